The molecule has 0 unspecified atom stereocenters. The Morgan fingerprint density at radius 3 is 2.24 bits per heavy atom. The molecule has 0 aromatic heterocycles. The summed E-state index contributed by atoms with van der Waals surface area (Å²) in [6.07, 6.45) is 3.96. The SMILES string of the molecule is CN=C(N/C=C/c1ccccc1)c1ccc(C(C)C)cc1. The van der Waals surface area contributed by atoms with E-state index in [4.69, 9.17) is 0 Å². The molecule has 1 N–H and O–H groups in total. The fourth-order valence-corrected chi connectivity index (χ4v) is 2.08. The molecule has 2 aromatic carbocycles. The van der Waals surface area contributed by atoms with Crippen LogP contribution >= 0.6 is 0 Å². The van der Waals surface area contributed by atoms with E-state index in [9.17, 15) is 0 Å². The molecule has 108 valence electrons. The fraction of sp³-hybridized carbons (Fsp3) is 0.211. The van der Waals surface area contributed by atoms with Crippen LogP contribution in [-0.2, 0) is 0 Å². The lowest BCUT2D eigenvalue weighted by Crippen LogP contribution is -2.18. The molecule has 21 heavy (non-hydrogen) atoms. The van der Waals surface area contributed by atoms with Crippen molar-refractivity contribution < 1.29 is 0 Å². The van der Waals surface area contributed by atoms with Gasteiger partial charge in [0, 0.05) is 18.8 Å². The summed E-state index contributed by atoms with van der Waals surface area (Å²) < 4.78 is 0. The minimum absolute atomic E-state index is 0.548. The summed E-state index contributed by atoms with van der Waals surface area (Å²) in [5, 5.41) is 3.25. The second kappa shape index (κ2) is 7.44. The average Bonchev–Trinajstić information content (AvgIpc) is 2.53. The van der Waals surface area contributed by atoms with E-state index in [1.54, 1.807) is 7.05 Å². The molecular formula is C19H22N2. The second-order valence-electron chi connectivity index (χ2n) is 5.24. The summed E-state index contributed by atoms with van der Waals surface area (Å²) in [4.78, 5) is 4.32. The van der Waals surface area contributed by atoms with Crippen LogP contribution in [0.5, 0.6) is 0 Å². The Balaban J connectivity index is 2.05. The zero-order chi connectivity index (χ0) is 15.1. The highest BCUT2D eigenvalue weighted by Gasteiger charge is 2.02. The van der Waals surface area contributed by atoms with Crippen molar-refractivity contribution in [2.75, 3.05) is 7.05 Å². The minimum Gasteiger partial charge on any atom is -0.346 e. The van der Waals surface area contributed by atoms with Crippen LogP contribution in [0, 0.1) is 0 Å². The maximum atomic E-state index is 4.32. The Bertz CT molecular complexity index is 608. The first kappa shape index (κ1) is 15.0. The molecule has 0 heterocycles. The topological polar surface area (TPSA) is 24.4 Å². The van der Waals surface area contributed by atoms with E-state index in [1.165, 1.54) is 5.56 Å². The van der Waals surface area contributed by atoms with Crippen LogP contribution in [0.3, 0.4) is 0 Å². The molecule has 2 heteroatoms. The molecule has 0 fully saturated rings. The largest absolute Gasteiger partial charge is 0.346 e. The van der Waals surface area contributed by atoms with Crippen LogP contribution < -0.4 is 5.32 Å². The van der Waals surface area contributed by atoms with E-state index in [-0.39, 0.29) is 0 Å². The standard InChI is InChI=1S/C19H22N2/c1-15(2)17-9-11-18(12-10-17)19(20-3)21-14-13-16-7-5-4-6-8-16/h4-15H,1-3H3,(H,20,21)/b14-13+. The van der Waals surface area contributed by atoms with Crippen LogP contribution in [0.25, 0.3) is 6.08 Å². The second-order valence-corrected chi connectivity index (χ2v) is 5.24. The van der Waals surface area contributed by atoms with Crippen LogP contribution in [0.4, 0.5) is 0 Å². The van der Waals surface area contributed by atoms with Gasteiger partial charge >= 0.3 is 0 Å². The van der Waals surface area contributed by atoms with E-state index >= 15 is 0 Å². The van der Waals surface area contributed by atoms with Gasteiger partial charge in [-0.1, -0.05) is 68.4 Å². The molecule has 0 bridgehead atoms. The number of nitrogens with zero attached hydrogens (tertiary/aromatic N) is 1. The Labute approximate surface area is 127 Å². The molecule has 0 saturated carbocycles. The highest BCUT2D eigenvalue weighted by atomic mass is 15.0. The minimum atomic E-state index is 0.548. The highest BCUT2D eigenvalue weighted by molar-refractivity contribution is 5.99. The summed E-state index contributed by atoms with van der Waals surface area (Å²) in [6, 6.07) is 18.7. The lowest BCUT2D eigenvalue weighted by atomic mass is 10.0. The number of aliphatic imine (C=N–C) groups is 1. The number of hydrogen-bond acceptors (Lipinski definition) is 1. The van der Waals surface area contributed by atoms with Gasteiger partial charge in [-0.25, -0.2) is 0 Å². The molecule has 2 aromatic rings. The van der Waals surface area contributed by atoms with E-state index < -0.39 is 0 Å². The summed E-state index contributed by atoms with van der Waals surface area (Å²) in [7, 11) is 1.80. The fourth-order valence-electron chi connectivity index (χ4n) is 2.08. The molecule has 0 atom stereocenters. The van der Waals surface area contributed by atoms with Gasteiger partial charge in [-0.2, -0.15) is 0 Å². The molecule has 0 aliphatic carbocycles. The highest BCUT2D eigenvalue weighted by Crippen LogP contribution is 2.14. The van der Waals surface area contributed by atoms with Crippen LogP contribution in [0.1, 0.15) is 36.5 Å². The van der Waals surface area contributed by atoms with Crippen molar-refractivity contribution in [3.63, 3.8) is 0 Å². The first-order valence-electron chi connectivity index (χ1n) is 7.26. The van der Waals surface area contributed by atoms with Crippen molar-refractivity contribution >= 4 is 11.9 Å². The molecule has 0 spiro atoms. The maximum Gasteiger partial charge on any atom is 0.131 e. The maximum absolute atomic E-state index is 4.32. The van der Waals surface area contributed by atoms with Gasteiger partial charge in [0.1, 0.15) is 5.84 Å². The smallest absolute Gasteiger partial charge is 0.131 e. The first-order chi connectivity index (χ1) is 10.2. The number of amidine groups is 1. The molecule has 2 rings (SSSR count). The number of nitrogens with one attached hydrogen (secondary N) is 1. The third-order valence-electron chi connectivity index (χ3n) is 3.37. The van der Waals surface area contributed by atoms with Gasteiger partial charge < -0.3 is 5.32 Å². The van der Waals surface area contributed by atoms with Crippen LogP contribution in [0.2, 0.25) is 0 Å². The number of rotatable bonds is 4. The Morgan fingerprint density at radius 1 is 1.00 bits per heavy atom. The summed E-state index contributed by atoms with van der Waals surface area (Å²) in [6.45, 7) is 4.40. The van der Waals surface area contributed by atoms with Gasteiger partial charge in [-0.3, -0.25) is 4.99 Å². The lowest BCUT2D eigenvalue weighted by molar-refractivity contribution is 0.866. The van der Waals surface area contributed by atoms with Crippen molar-refractivity contribution in [1.29, 1.82) is 0 Å². The van der Waals surface area contributed by atoms with E-state index in [0.29, 0.717) is 5.92 Å². The summed E-state index contributed by atoms with van der Waals surface area (Å²) in [5.41, 5.74) is 3.60. The van der Waals surface area contributed by atoms with Gasteiger partial charge in [-0.05, 0) is 23.1 Å². The Kier molecular flexibility index (Phi) is 5.33. The molecular weight excluding hydrogens is 256 g/mol. The van der Waals surface area contributed by atoms with Crippen molar-refractivity contribution in [3.05, 3.63) is 77.5 Å². The van der Waals surface area contributed by atoms with Crippen LogP contribution in [-0.4, -0.2) is 12.9 Å². The van der Waals surface area contributed by atoms with Gasteiger partial charge in [0.15, 0.2) is 0 Å². The molecule has 0 aliphatic rings. The molecule has 2 nitrogen and oxygen atoms in total. The van der Waals surface area contributed by atoms with E-state index in [0.717, 1.165) is 17.0 Å². The van der Waals surface area contributed by atoms with Gasteiger partial charge in [0.25, 0.3) is 0 Å². The molecule has 0 radical (unpaired) electrons. The first-order valence-corrected chi connectivity index (χ1v) is 7.26. The third kappa shape index (κ3) is 4.32. The Morgan fingerprint density at radius 2 is 1.67 bits per heavy atom. The number of benzene rings is 2. The lowest BCUT2D eigenvalue weighted by Gasteiger charge is -2.09. The molecule has 0 saturated heterocycles. The zero-order valence-corrected chi connectivity index (χ0v) is 12.9. The average molecular weight is 278 g/mol. The third-order valence-corrected chi connectivity index (χ3v) is 3.37. The van der Waals surface area contributed by atoms with Crippen molar-refractivity contribution in [1.82, 2.24) is 5.32 Å². The summed E-state index contributed by atoms with van der Waals surface area (Å²) in [5.74, 6) is 1.42. The molecule has 0 amide bonds. The Hall–Kier alpha value is -2.35. The van der Waals surface area contributed by atoms with Crippen molar-refractivity contribution in [3.8, 4) is 0 Å². The van der Waals surface area contributed by atoms with Gasteiger partial charge in [0.05, 0.1) is 0 Å². The summed E-state index contributed by atoms with van der Waals surface area (Å²) >= 11 is 0. The molecule has 0 aliphatic heterocycles. The van der Waals surface area contributed by atoms with Crippen molar-refractivity contribution in [2.45, 2.75) is 19.8 Å². The van der Waals surface area contributed by atoms with Crippen molar-refractivity contribution in [2.24, 2.45) is 4.99 Å². The quantitative estimate of drug-likeness (QED) is 0.648. The van der Waals surface area contributed by atoms with Crippen LogP contribution in [0.15, 0.2) is 65.8 Å². The zero-order valence-electron chi connectivity index (χ0n) is 12.9. The normalized spacial score (nSPS) is 12.1. The predicted molar refractivity (Wildman–Crippen MR) is 91.6 cm³/mol. The predicted octanol–water partition coefficient (Wildman–Crippen LogP) is 4.45. The monoisotopic (exact) mass is 278 g/mol. The van der Waals surface area contributed by atoms with Gasteiger partial charge in [0.2, 0.25) is 0 Å². The van der Waals surface area contributed by atoms with E-state index in [2.05, 4.69) is 60.6 Å². The van der Waals surface area contributed by atoms with E-state index in [1.807, 2.05) is 30.5 Å². The van der Waals surface area contributed by atoms with Gasteiger partial charge in [-0.15, -0.1) is 0 Å². The number of hydrogen-bond donors (Lipinski definition) is 1.